The Balaban J connectivity index is 0. The van der Waals surface area contributed by atoms with Crippen molar-refractivity contribution in [3.8, 4) is 0 Å². The molecule has 0 N–H and O–H groups in total. The zero-order valence-corrected chi connectivity index (χ0v) is 12.3. The largest absolute Gasteiger partial charge is 2.00 e. The maximum atomic E-state index is 11.2. The SMILES string of the molecule is CC(C)(C)C(C(=O)[O-])(C(=O)[O-])C(C)(C)C.[Mg+2]. The predicted octanol–water partition coefficient (Wildman–Crippen LogP) is -0.816. The van der Waals surface area contributed by atoms with Gasteiger partial charge in [-0.1, -0.05) is 41.5 Å². The summed E-state index contributed by atoms with van der Waals surface area (Å²) in [7, 11) is 0. The van der Waals surface area contributed by atoms with E-state index in [1.165, 1.54) is 0 Å². The van der Waals surface area contributed by atoms with Gasteiger partial charge in [-0.15, -0.1) is 0 Å². The summed E-state index contributed by atoms with van der Waals surface area (Å²) in [5.41, 5.74) is -3.98. The average Bonchev–Trinajstić information content (AvgIpc) is 1.75. The third kappa shape index (κ3) is 2.51. The van der Waals surface area contributed by atoms with Gasteiger partial charge in [-0.25, -0.2) is 0 Å². The molecule has 0 unspecified atom stereocenters. The fraction of sp³-hybridized carbons (Fsp3) is 0.818. The van der Waals surface area contributed by atoms with E-state index in [4.69, 9.17) is 0 Å². The first-order chi connectivity index (χ1) is 6.39. The van der Waals surface area contributed by atoms with Gasteiger partial charge in [0.1, 0.15) is 0 Å². The summed E-state index contributed by atoms with van der Waals surface area (Å²) in [6.45, 7) is 9.36. The predicted molar refractivity (Wildman–Crippen MR) is 57.1 cm³/mol. The van der Waals surface area contributed by atoms with E-state index in [1.807, 2.05) is 0 Å². The van der Waals surface area contributed by atoms with E-state index in [0.29, 0.717) is 0 Å². The molecule has 4 nitrogen and oxygen atoms in total. The van der Waals surface area contributed by atoms with E-state index in [2.05, 4.69) is 0 Å². The van der Waals surface area contributed by atoms with Gasteiger partial charge in [-0.2, -0.15) is 0 Å². The molecule has 16 heavy (non-hydrogen) atoms. The molecule has 0 aliphatic heterocycles. The smallest absolute Gasteiger partial charge is 0.549 e. The number of aliphatic carboxylic acids is 2. The van der Waals surface area contributed by atoms with E-state index >= 15 is 0 Å². The monoisotopic (exact) mass is 238 g/mol. The van der Waals surface area contributed by atoms with Gasteiger partial charge in [0.05, 0.1) is 17.4 Å². The summed E-state index contributed by atoms with van der Waals surface area (Å²) in [6, 6.07) is 0. The number of carboxylic acids is 2. The molecule has 0 amide bonds. The van der Waals surface area contributed by atoms with Crippen molar-refractivity contribution >= 4 is 35.0 Å². The Morgan fingerprint density at radius 2 is 0.938 bits per heavy atom. The Hall–Kier alpha value is -0.294. The Labute approximate surface area is 113 Å². The Kier molecular flexibility index (Phi) is 5.56. The number of carbonyl (C=O) groups excluding carboxylic acids is 2. The van der Waals surface area contributed by atoms with Crippen LogP contribution < -0.4 is 10.2 Å². The van der Waals surface area contributed by atoms with Crippen molar-refractivity contribution < 1.29 is 19.8 Å². The second-order valence-corrected chi connectivity index (χ2v) is 5.82. The van der Waals surface area contributed by atoms with Gasteiger partial charge in [0.15, 0.2) is 0 Å². The fourth-order valence-electron chi connectivity index (χ4n) is 2.43. The van der Waals surface area contributed by atoms with Gasteiger partial charge < -0.3 is 19.8 Å². The zero-order chi connectivity index (χ0) is 12.7. The minimum absolute atomic E-state index is 0. The van der Waals surface area contributed by atoms with Crippen molar-refractivity contribution in [2.24, 2.45) is 16.2 Å². The van der Waals surface area contributed by atoms with Crippen LogP contribution in [0.5, 0.6) is 0 Å². The van der Waals surface area contributed by atoms with Crippen LogP contribution in [0.4, 0.5) is 0 Å². The van der Waals surface area contributed by atoms with E-state index in [-0.39, 0.29) is 23.1 Å². The van der Waals surface area contributed by atoms with Crippen LogP contribution in [0.2, 0.25) is 0 Å². The molecule has 0 radical (unpaired) electrons. The van der Waals surface area contributed by atoms with E-state index in [1.54, 1.807) is 41.5 Å². The first-order valence-electron chi connectivity index (χ1n) is 4.82. The summed E-state index contributed by atoms with van der Waals surface area (Å²) in [5.74, 6) is -3.19. The van der Waals surface area contributed by atoms with Crippen molar-refractivity contribution in [2.75, 3.05) is 0 Å². The van der Waals surface area contributed by atoms with Crippen molar-refractivity contribution in [3.05, 3.63) is 0 Å². The minimum atomic E-state index is -2.01. The van der Waals surface area contributed by atoms with Crippen molar-refractivity contribution in [2.45, 2.75) is 41.5 Å². The van der Waals surface area contributed by atoms with E-state index in [9.17, 15) is 19.8 Å². The molecular weight excluding hydrogens is 220 g/mol. The molecule has 0 rings (SSSR count). The minimum Gasteiger partial charge on any atom is -0.549 e. The van der Waals surface area contributed by atoms with Crippen LogP contribution in [0.15, 0.2) is 0 Å². The second kappa shape index (κ2) is 4.92. The molecule has 0 atom stereocenters. The van der Waals surface area contributed by atoms with Crippen LogP contribution >= 0.6 is 0 Å². The maximum absolute atomic E-state index is 11.2. The van der Waals surface area contributed by atoms with Crippen LogP contribution in [-0.2, 0) is 9.59 Å². The van der Waals surface area contributed by atoms with Crippen LogP contribution in [0.1, 0.15) is 41.5 Å². The molecule has 0 aromatic carbocycles. The molecule has 0 bridgehead atoms. The van der Waals surface area contributed by atoms with E-state index in [0.717, 1.165) is 0 Å². The number of hydrogen-bond donors (Lipinski definition) is 0. The number of carboxylic acid groups (broad SMARTS) is 2. The quantitative estimate of drug-likeness (QED) is 0.465. The van der Waals surface area contributed by atoms with Crippen LogP contribution in [0, 0.1) is 16.2 Å². The number of carbonyl (C=O) groups is 2. The molecule has 0 aliphatic carbocycles. The summed E-state index contributed by atoms with van der Waals surface area (Å²) in [5, 5.41) is 22.4. The van der Waals surface area contributed by atoms with E-state index < -0.39 is 28.2 Å². The molecular formula is C11H18MgO4. The summed E-state index contributed by atoms with van der Waals surface area (Å²) in [6.07, 6.45) is 0. The molecule has 0 aromatic rings. The zero-order valence-electron chi connectivity index (χ0n) is 10.8. The number of rotatable bonds is 2. The fourth-order valence-corrected chi connectivity index (χ4v) is 2.43. The maximum Gasteiger partial charge on any atom is 2.00 e. The Bertz CT molecular complexity index is 253. The van der Waals surface area contributed by atoms with Crippen LogP contribution in [0.25, 0.3) is 0 Å². The Morgan fingerprint density at radius 3 is 0.938 bits per heavy atom. The molecule has 5 heteroatoms. The van der Waals surface area contributed by atoms with Crippen LogP contribution in [-0.4, -0.2) is 35.0 Å². The van der Waals surface area contributed by atoms with Gasteiger partial charge in [0, 0.05) is 0 Å². The van der Waals surface area contributed by atoms with Gasteiger partial charge >= 0.3 is 23.1 Å². The van der Waals surface area contributed by atoms with Crippen molar-refractivity contribution in [1.29, 1.82) is 0 Å². The molecule has 0 saturated carbocycles. The third-order valence-corrected chi connectivity index (χ3v) is 2.86. The molecule has 88 valence electrons. The van der Waals surface area contributed by atoms with Crippen molar-refractivity contribution in [3.63, 3.8) is 0 Å². The first-order valence-corrected chi connectivity index (χ1v) is 4.82. The molecule has 0 aromatic heterocycles. The average molecular weight is 239 g/mol. The topological polar surface area (TPSA) is 80.3 Å². The molecule has 0 fully saturated rings. The van der Waals surface area contributed by atoms with Gasteiger partial charge in [-0.05, 0) is 10.8 Å². The Morgan fingerprint density at radius 1 is 0.750 bits per heavy atom. The van der Waals surface area contributed by atoms with Gasteiger partial charge in [0.25, 0.3) is 0 Å². The normalized spacial score (nSPS) is 12.9. The standard InChI is InChI=1S/C11H20O4.Mg/c1-9(2,3)11(7(12)13,8(14)15)10(4,5)6;/h1-6H3,(H,12,13)(H,14,15);/q;+2/p-2. The summed E-state index contributed by atoms with van der Waals surface area (Å²) < 4.78 is 0. The van der Waals surface area contributed by atoms with Crippen molar-refractivity contribution in [1.82, 2.24) is 0 Å². The van der Waals surface area contributed by atoms with Gasteiger partial charge in [-0.3, -0.25) is 0 Å². The molecule has 0 spiro atoms. The second-order valence-electron chi connectivity index (χ2n) is 5.82. The van der Waals surface area contributed by atoms with Crippen LogP contribution in [0.3, 0.4) is 0 Å². The van der Waals surface area contributed by atoms with Gasteiger partial charge in [0.2, 0.25) is 0 Å². The summed E-state index contributed by atoms with van der Waals surface area (Å²) >= 11 is 0. The first kappa shape index (κ1) is 18.1. The molecule has 0 heterocycles. The molecule has 0 saturated heterocycles. The molecule has 0 aliphatic rings. The third-order valence-electron chi connectivity index (χ3n) is 2.86. The summed E-state index contributed by atoms with van der Waals surface area (Å²) in [4.78, 5) is 22.4. The number of hydrogen-bond acceptors (Lipinski definition) is 4.